The van der Waals surface area contributed by atoms with Crippen LogP contribution in [-0.2, 0) is 26.4 Å². The van der Waals surface area contributed by atoms with Crippen LogP contribution in [0, 0.1) is 5.92 Å². The molecule has 0 spiro atoms. The van der Waals surface area contributed by atoms with E-state index >= 15 is 0 Å². The quantitative estimate of drug-likeness (QED) is 0.539. The summed E-state index contributed by atoms with van der Waals surface area (Å²) in [6.45, 7) is -0.0452. The Morgan fingerprint density at radius 3 is 2.41 bits per heavy atom. The van der Waals surface area contributed by atoms with Gasteiger partial charge in [-0.05, 0) is 55.7 Å². The summed E-state index contributed by atoms with van der Waals surface area (Å²) in [5, 5.41) is 42.5. The predicted molar refractivity (Wildman–Crippen MR) is 107 cm³/mol. The standard InChI is InChI=1S/C21H31ClO7/c1-27-11-17-18(23)19(24)20(25)21(26,29-17)14-5-8-16(22)13(10-14)9-12-3-6-15(28-2)7-4-12/h5,8,10,12,15,17-20,23-26H,3-4,6-7,9,11H2,1-2H3/t12?,15?,17-,18-,19+,20-,21+/m1/s1. The number of ether oxygens (including phenoxy) is 3. The lowest BCUT2D eigenvalue weighted by Crippen LogP contribution is -2.63. The SMILES string of the molecule is COC[C@H]1O[C@@](O)(c2ccc(Cl)c(CC3CCC(OC)CC3)c2)[C@H](O)[C@@H](O)[C@@H]1O. The molecule has 0 bridgehead atoms. The van der Waals surface area contributed by atoms with Crippen molar-refractivity contribution in [2.45, 2.75) is 68.4 Å². The van der Waals surface area contributed by atoms with Crippen molar-refractivity contribution >= 4 is 11.6 Å². The summed E-state index contributed by atoms with van der Waals surface area (Å²) in [5.74, 6) is -1.73. The topological polar surface area (TPSA) is 109 Å². The molecule has 1 saturated carbocycles. The van der Waals surface area contributed by atoms with Crippen LogP contribution in [0.2, 0.25) is 5.02 Å². The minimum Gasteiger partial charge on any atom is -0.387 e. The molecule has 1 aliphatic carbocycles. The van der Waals surface area contributed by atoms with Gasteiger partial charge in [0.15, 0.2) is 0 Å². The Morgan fingerprint density at radius 2 is 1.79 bits per heavy atom. The van der Waals surface area contributed by atoms with E-state index < -0.39 is 30.2 Å². The zero-order valence-electron chi connectivity index (χ0n) is 16.8. The lowest BCUT2D eigenvalue weighted by atomic mass is 9.82. The van der Waals surface area contributed by atoms with Crippen LogP contribution in [0.4, 0.5) is 0 Å². The minimum absolute atomic E-state index is 0.0452. The molecule has 29 heavy (non-hydrogen) atoms. The van der Waals surface area contributed by atoms with Crippen LogP contribution in [0.3, 0.4) is 0 Å². The van der Waals surface area contributed by atoms with Gasteiger partial charge in [0.1, 0.15) is 24.4 Å². The number of hydrogen-bond acceptors (Lipinski definition) is 7. The van der Waals surface area contributed by atoms with Gasteiger partial charge in [-0.1, -0.05) is 17.7 Å². The van der Waals surface area contributed by atoms with Crippen LogP contribution in [0.1, 0.15) is 36.8 Å². The van der Waals surface area contributed by atoms with Crippen molar-refractivity contribution in [3.63, 3.8) is 0 Å². The third kappa shape index (κ3) is 4.78. The van der Waals surface area contributed by atoms with Crippen molar-refractivity contribution in [2.75, 3.05) is 20.8 Å². The molecular formula is C21H31ClO7. The second-order valence-electron chi connectivity index (χ2n) is 8.12. The van der Waals surface area contributed by atoms with E-state index in [0.717, 1.165) is 37.7 Å². The third-order valence-corrected chi connectivity index (χ3v) is 6.58. The molecule has 8 heteroatoms. The monoisotopic (exact) mass is 430 g/mol. The molecule has 4 N–H and O–H groups in total. The van der Waals surface area contributed by atoms with E-state index in [-0.39, 0.29) is 12.2 Å². The summed E-state index contributed by atoms with van der Waals surface area (Å²) in [5.41, 5.74) is 1.13. The highest BCUT2D eigenvalue weighted by atomic mass is 35.5. The fourth-order valence-electron chi connectivity index (χ4n) is 4.38. The lowest BCUT2D eigenvalue weighted by molar-refractivity contribution is -0.358. The summed E-state index contributed by atoms with van der Waals surface area (Å²) in [7, 11) is 3.16. The average molecular weight is 431 g/mol. The lowest BCUT2D eigenvalue weighted by Gasteiger charge is -2.46. The summed E-state index contributed by atoms with van der Waals surface area (Å²) < 4.78 is 16.1. The average Bonchev–Trinajstić information content (AvgIpc) is 2.72. The zero-order chi connectivity index (χ0) is 21.2. The number of aliphatic hydroxyl groups excluding tert-OH is 3. The Kier molecular flexibility index (Phi) is 7.56. The number of hydrogen-bond donors (Lipinski definition) is 4. The van der Waals surface area contributed by atoms with Crippen molar-refractivity contribution in [1.29, 1.82) is 0 Å². The van der Waals surface area contributed by atoms with Gasteiger partial charge in [0, 0.05) is 24.8 Å². The molecule has 2 aliphatic rings. The van der Waals surface area contributed by atoms with E-state index in [9.17, 15) is 20.4 Å². The fourth-order valence-corrected chi connectivity index (χ4v) is 4.58. The Morgan fingerprint density at radius 1 is 1.10 bits per heavy atom. The van der Waals surface area contributed by atoms with Gasteiger partial charge in [-0.25, -0.2) is 0 Å². The highest BCUT2D eigenvalue weighted by Crippen LogP contribution is 2.39. The Labute approximate surface area is 176 Å². The van der Waals surface area contributed by atoms with E-state index in [1.54, 1.807) is 25.3 Å². The molecule has 2 fully saturated rings. The highest BCUT2D eigenvalue weighted by molar-refractivity contribution is 6.31. The van der Waals surface area contributed by atoms with Crippen molar-refractivity contribution in [2.24, 2.45) is 5.92 Å². The molecule has 1 heterocycles. The van der Waals surface area contributed by atoms with Crippen molar-refractivity contribution in [3.8, 4) is 0 Å². The summed E-state index contributed by atoms with van der Waals surface area (Å²) >= 11 is 6.40. The number of benzene rings is 1. The summed E-state index contributed by atoms with van der Waals surface area (Å²) in [6, 6.07) is 4.93. The van der Waals surface area contributed by atoms with Gasteiger partial charge >= 0.3 is 0 Å². The van der Waals surface area contributed by atoms with Gasteiger partial charge in [0.2, 0.25) is 5.79 Å². The largest absolute Gasteiger partial charge is 0.387 e. The normalized spacial score (nSPS) is 38.2. The summed E-state index contributed by atoms with van der Waals surface area (Å²) in [6.07, 6.45) is -0.562. The number of rotatable bonds is 6. The molecule has 5 atom stereocenters. The van der Waals surface area contributed by atoms with Gasteiger partial charge in [0.25, 0.3) is 0 Å². The van der Waals surface area contributed by atoms with E-state index in [2.05, 4.69) is 0 Å². The molecule has 7 nitrogen and oxygen atoms in total. The molecule has 0 aromatic heterocycles. The van der Waals surface area contributed by atoms with Gasteiger partial charge in [0.05, 0.1) is 12.7 Å². The van der Waals surface area contributed by atoms with E-state index in [4.69, 9.17) is 25.8 Å². The smallest absolute Gasteiger partial charge is 0.222 e. The number of methoxy groups -OCH3 is 2. The molecule has 0 radical (unpaired) electrons. The fraction of sp³-hybridized carbons (Fsp3) is 0.714. The van der Waals surface area contributed by atoms with Gasteiger partial charge in [-0.3, -0.25) is 0 Å². The molecule has 1 aliphatic heterocycles. The number of aliphatic hydroxyl groups is 4. The van der Waals surface area contributed by atoms with E-state index in [0.29, 0.717) is 17.0 Å². The second kappa shape index (κ2) is 9.58. The number of halogens is 1. The first-order chi connectivity index (χ1) is 13.8. The molecule has 1 saturated heterocycles. The molecular weight excluding hydrogens is 400 g/mol. The first-order valence-corrected chi connectivity index (χ1v) is 10.4. The van der Waals surface area contributed by atoms with E-state index in [1.807, 2.05) is 0 Å². The third-order valence-electron chi connectivity index (χ3n) is 6.21. The summed E-state index contributed by atoms with van der Waals surface area (Å²) in [4.78, 5) is 0. The van der Waals surface area contributed by atoms with Crippen molar-refractivity contribution in [3.05, 3.63) is 34.3 Å². The maximum absolute atomic E-state index is 11.1. The maximum Gasteiger partial charge on any atom is 0.222 e. The molecule has 164 valence electrons. The molecule has 1 aromatic carbocycles. The second-order valence-corrected chi connectivity index (χ2v) is 8.53. The Balaban J connectivity index is 1.82. The van der Waals surface area contributed by atoms with Gasteiger partial charge in [-0.2, -0.15) is 0 Å². The predicted octanol–water partition coefficient (Wildman–Crippen LogP) is 1.36. The molecule has 3 rings (SSSR count). The molecule has 0 unspecified atom stereocenters. The van der Waals surface area contributed by atoms with E-state index in [1.165, 1.54) is 7.11 Å². The maximum atomic E-state index is 11.1. The highest BCUT2D eigenvalue weighted by Gasteiger charge is 2.53. The van der Waals surface area contributed by atoms with Crippen LogP contribution < -0.4 is 0 Å². The van der Waals surface area contributed by atoms with Gasteiger partial charge < -0.3 is 34.6 Å². The Bertz CT molecular complexity index is 679. The first-order valence-electron chi connectivity index (χ1n) is 10.0. The van der Waals surface area contributed by atoms with Crippen LogP contribution >= 0.6 is 11.6 Å². The van der Waals surface area contributed by atoms with Crippen LogP contribution in [0.5, 0.6) is 0 Å². The Hall–Kier alpha value is -0.770. The molecule has 1 aromatic rings. The minimum atomic E-state index is -2.19. The van der Waals surface area contributed by atoms with Crippen molar-refractivity contribution < 1.29 is 34.6 Å². The van der Waals surface area contributed by atoms with Crippen LogP contribution in [-0.4, -0.2) is 71.8 Å². The molecule has 0 amide bonds. The van der Waals surface area contributed by atoms with Crippen LogP contribution in [0.15, 0.2) is 18.2 Å². The first kappa shape index (κ1) is 22.9. The zero-order valence-corrected chi connectivity index (χ0v) is 17.6. The van der Waals surface area contributed by atoms with Crippen LogP contribution in [0.25, 0.3) is 0 Å². The van der Waals surface area contributed by atoms with Crippen molar-refractivity contribution in [1.82, 2.24) is 0 Å². The van der Waals surface area contributed by atoms with Gasteiger partial charge in [-0.15, -0.1) is 0 Å².